The normalized spacial score (nSPS) is 20.4. The Morgan fingerprint density at radius 2 is 2.24 bits per heavy atom. The molecule has 1 aliphatic heterocycles. The summed E-state index contributed by atoms with van der Waals surface area (Å²) in [5, 5.41) is 29.8. The number of nitrogens with zero attached hydrogens (tertiary/aromatic N) is 2. The van der Waals surface area contributed by atoms with E-state index in [1.165, 1.54) is 0 Å². The average Bonchev–Trinajstić information content (AvgIpc) is 2.83. The molecule has 0 saturated carbocycles. The molecule has 96 valence electrons. The van der Waals surface area contributed by atoms with Crippen LogP contribution < -0.4 is 5.32 Å². The number of carbonyl (C=O) groups excluding carboxylic acids is 1. The predicted octanol–water partition coefficient (Wildman–Crippen LogP) is -1.17. The fourth-order valence-electron chi connectivity index (χ4n) is 1.75. The number of nitrogens with one attached hydrogen (secondary N) is 1. The van der Waals surface area contributed by atoms with E-state index < -0.39 is 5.54 Å². The van der Waals surface area contributed by atoms with Crippen LogP contribution in [-0.2, 0) is 4.79 Å². The molecule has 1 amide bonds. The number of nitriles is 1. The van der Waals surface area contributed by atoms with E-state index in [2.05, 4.69) is 11.4 Å². The molecule has 0 unspecified atom stereocenters. The number of likely N-dealkylation sites (tertiary alicyclic amines) is 1. The third kappa shape index (κ3) is 3.40. The number of hydrogen-bond acceptors (Lipinski definition) is 5. The number of carbonyl (C=O) groups is 1. The second-order valence-electron chi connectivity index (χ2n) is 4.60. The second-order valence-corrected chi connectivity index (χ2v) is 4.60. The largest absolute Gasteiger partial charge is 0.394 e. The summed E-state index contributed by atoms with van der Waals surface area (Å²) in [7, 11) is 0. The molecule has 0 aliphatic carbocycles. The molecular weight excluding hydrogens is 222 g/mol. The highest BCUT2D eigenvalue weighted by molar-refractivity contribution is 5.79. The Morgan fingerprint density at radius 3 is 2.76 bits per heavy atom. The molecule has 3 N–H and O–H groups in total. The Balaban J connectivity index is 2.47. The molecule has 0 aromatic rings. The van der Waals surface area contributed by atoms with Gasteiger partial charge in [0.15, 0.2) is 0 Å². The monoisotopic (exact) mass is 241 g/mol. The van der Waals surface area contributed by atoms with Gasteiger partial charge in [-0.15, -0.1) is 0 Å². The molecule has 17 heavy (non-hydrogen) atoms. The van der Waals surface area contributed by atoms with Crippen LogP contribution in [0.25, 0.3) is 0 Å². The van der Waals surface area contributed by atoms with Gasteiger partial charge in [-0.2, -0.15) is 5.26 Å². The van der Waals surface area contributed by atoms with Crippen LogP contribution in [0, 0.1) is 11.3 Å². The summed E-state index contributed by atoms with van der Waals surface area (Å²) in [4.78, 5) is 13.4. The number of amides is 1. The zero-order valence-electron chi connectivity index (χ0n) is 10.0. The number of hydrogen-bond donors (Lipinski definition) is 3. The molecule has 0 aromatic carbocycles. The van der Waals surface area contributed by atoms with E-state index in [0.29, 0.717) is 6.54 Å². The van der Waals surface area contributed by atoms with Gasteiger partial charge in [-0.05, 0) is 19.8 Å². The van der Waals surface area contributed by atoms with Crippen molar-refractivity contribution in [2.24, 2.45) is 0 Å². The summed E-state index contributed by atoms with van der Waals surface area (Å²) in [5.41, 5.74) is -0.864. The third-order valence-electron chi connectivity index (χ3n) is 3.09. The van der Waals surface area contributed by atoms with Crippen LogP contribution in [0.5, 0.6) is 0 Å². The van der Waals surface area contributed by atoms with Crippen molar-refractivity contribution < 1.29 is 15.0 Å². The maximum Gasteiger partial charge on any atom is 0.237 e. The summed E-state index contributed by atoms with van der Waals surface area (Å²) in [5.74, 6) is -0.165. The highest BCUT2D eigenvalue weighted by Crippen LogP contribution is 2.16. The van der Waals surface area contributed by atoms with Crippen molar-refractivity contribution in [1.29, 1.82) is 5.26 Å². The second kappa shape index (κ2) is 5.96. The van der Waals surface area contributed by atoms with Gasteiger partial charge in [-0.1, -0.05) is 0 Å². The quantitative estimate of drug-likeness (QED) is 0.564. The molecule has 6 nitrogen and oxygen atoms in total. The molecule has 1 fully saturated rings. The summed E-state index contributed by atoms with van der Waals surface area (Å²) < 4.78 is 0. The molecule has 1 saturated heterocycles. The van der Waals surface area contributed by atoms with Crippen molar-refractivity contribution in [3.8, 4) is 6.07 Å². The lowest BCUT2D eigenvalue weighted by atomic mass is 10.1. The first kappa shape index (κ1) is 13.9. The average molecular weight is 241 g/mol. The minimum absolute atomic E-state index is 0.0236. The number of aliphatic hydroxyl groups is 2. The van der Waals surface area contributed by atoms with Crippen molar-refractivity contribution in [3.05, 3.63) is 0 Å². The van der Waals surface area contributed by atoms with Crippen molar-refractivity contribution in [1.82, 2.24) is 10.2 Å². The minimum Gasteiger partial charge on any atom is -0.394 e. The van der Waals surface area contributed by atoms with Crippen LogP contribution in [0.4, 0.5) is 0 Å². The Kier molecular flexibility index (Phi) is 4.87. The lowest BCUT2D eigenvalue weighted by Crippen LogP contribution is -2.53. The lowest BCUT2D eigenvalue weighted by molar-refractivity contribution is -0.130. The van der Waals surface area contributed by atoms with Crippen LogP contribution in [0.15, 0.2) is 0 Å². The molecule has 0 aromatic heterocycles. The molecule has 0 spiro atoms. The van der Waals surface area contributed by atoms with Crippen LogP contribution >= 0.6 is 0 Å². The lowest BCUT2D eigenvalue weighted by Gasteiger charge is -2.28. The molecule has 1 aliphatic rings. The summed E-state index contributed by atoms with van der Waals surface area (Å²) >= 11 is 0. The smallest absolute Gasteiger partial charge is 0.237 e. The van der Waals surface area contributed by atoms with Crippen molar-refractivity contribution in [3.63, 3.8) is 0 Å². The van der Waals surface area contributed by atoms with E-state index in [9.17, 15) is 4.79 Å². The number of rotatable bonds is 5. The standard InChI is InChI=1S/C11H19N3O3/c1-11(7-15,8-16)13-6-10(17)14-4-2-3-9(14)5-12/h9,13,15-16H,2-4,6-8H2,1H3/t9-/m0/s1. The van der Waals surface area contributed by atoms with E-state index in [4.69, 9.17) is 15.5 Å². The Morgan fingerprint density at radius 1 is 1.59 bits per heavy atom. The Labute approximate surface area is 101 Å². The van der Waals surface area contributed by atoms with Crippen molar-refractivity contribution in [2.45, 2.75) is 31.3 Å². The SMILES string of the molecule is CC(CO)(CO)NCC(=O)N1CCC[C@H]1C#N. The van der Waals surface area contributed by atoms with Gasteiger partial charge in [-0.3, -0.25) is 10.1 Å². The summed E-state index contributed by atoms with van der Waals surface area (Å²) in [6.07, 6.45) is 1.57. The maximum absolute atomic E-state index is 11.8. The zero-order chi connectivity index (χ0) is 12.9. The highest BCUT2D eigenvalue weighted by Gasteiger charge is 2.30. The van der Waals surface area contributed by atoms with E-state index in [1.54, 1.807) is 11.8 Å². The first-order valence-corrected chi connectivity index (χ1v) is 5.72. The molecule has 0 radical (unpaired) electrons. The summed E-state index contributed by atoms with van der Waals surface area (Å²) in [6.45, 7) is 1.76. The van der Waals surface area contributed by atoms with E-state index >= 15 is 0 Å². The molecule has 1 heterocycles. The Hall–Kier alpha value is -1.16. The van der Waals surface area contributed by atoms with Crippen molar-refractivity contribution in [2.75, 3.05) is 26.3 Å². The molecule has 1 atom stereocenters. The number of aliphatic hydroxyl groups excluding tert-OH is 2. The summed E-state index contributed by atoms with van der Waals surface area (Å²) in [6, 6.07) is 1.76. The molecule has 6 heteroatoms. The van der Waals surface area contributed by atoms with Gasteiger partial charge < -0.3 is 15.1 Å². The first-order valence-electron chi connectivity index (χ1n) is 5.72. The van der Waals surface area contributed by atoms with Gasteiger partial charge in [0.05, 0.1) is 31.4 Å². The van der Waals surface area contributed by atoms with Crippen molar-refractivity contribution >= 4 is 5.91 Å². The predicted molar refractivity (Wildman–Crippen MR) is 60.9 cm³/mol. The Bertz CT molecular complexity index is 310. The fourth-order valence-corrected chi connectivity index (χ4v) is 1.75. The first-order chi connectivity index (χ1) is 8.06. The van der Waals surface area contributed by atoms with Crippen LogP contribution in [-0.4, -0.2) is 58.9 Å². The van der Waals surface area contributed by atoms with Crippen LogP contribution in [0.3, 0.4) is 0 Å². The van der Waals surface area contributed by atoms with E-state index in [0.717, 1.165) is 12.8 Å². The van der Waals surface area contributed by atoms with Gasteiger partial charge in [0, 0.05) is 6.54 Å². The topological polar surface area (TPSA) is 96.6 Å². The van der Waals surface area contributed by atoms with Gasteiger partial charge >= 0.3 is 0 Å². The molecule has 1 rings (SSSR count). The molecular formula is C11H19N3O3. The van der Waals surface area contributed by atoms with E-state index in [-0.39, 0.29) is 31.7 Å². The minimum atomic E-state index is -0.864. The molecule has 0 bridgehead atoms. The van der Waals surface area contributed by atoms with Crippen LogP contribution in [0.1, 0.15) is 19.8 Å². The fraction of sp³-hybridized carbons (Fsp3) is 0.818. The van der Waals surface area contributed by atoms with E-state index in [1.807, 2.05) is 0 Å². The zero-order valence-corrected chi connectivity index (χ0v) is 10.0. The third-order valence-corrected chi connectivity index (χ3v) is 3.09. The van der Waals surface area contributed by atoms with Gasteiger partial charge in [0.25, 0.3) is 0 Å². The van der Waals surface area contributed by atoms with Crippen LogP contribution in [0.2, 0.25) is 0 Å². The van der Waals surface area contributed by atoms with Gasteiger partial charge in [-0.25, -0.2) is 0 Å². The highest BCUT2D eigenvalue weighted by atomic mass is 16.3. The van der Waals surface area contributed by atoms with Gasteiger partial charge in [0.1, 0.15) is 6.04 Å². The maximum atomic E-state index is 11.8. The van der Waals surface area contributed by atoms with Gasteiger partial charge in [0.2, 0.25) is 5.91 Å².